The van der Waals surface area contributed by atoms with Crippen molar-refractivity contribution in [2.24, 2.45) is 0 Å². The molecule has 1 N–H and O–H groups in total. The van der Waals surface area contributed by atoms with Crippen LogP contribution in [-0.2, 0) is 11.3 Å². The first-order valence-electron chi connectivity index (χ1n) is 9.86. The monoisotopic (exact) mass is 391 g/mol. The fourth-order valence-corrected chi connectivity index (χ4v) is 3.41. The van der Waals surface area contributed by atoms with Gasteiger partial charge in [-0.15, -0.1) is 0 Å². The van der Waals surface area contributed by atoms with Crippen molar-refractivity contribution in [3.8, 4) is 23.1 Å². The zero-order valence-electron chi connectivity index (χ0n) is 17.0. The van der Waals surface area contributed by atoms with Crippen LogP contribution in [0.5, 0.6) is 5.75 Å². The van der Waals surface area contributed by atoms with Gasteiger partial charge in [-0.05, 0) is 44.5 Å². The topological polar surface area (TPSA) is 76.3 Å². The lowest BCUT2D eigenvalue weighted by molar-refractivity contribution is 0.168. The number of rotatable bonds is 7. The normalized spacial score (nSPS) is 10.6. The van der Waals surface area contributed by atoms with Gasteiger partial charge >= 0.3 is 6.09 Å². The first-order valence-corrected chi connectivity index (χ1v) is 9.86. The third kappa shape index (κ3) is 4.19. The molecule has 6 nitrogen and oxygen atoms in total. The molecule has 3 aromatic rings. The molecule has 1 amide bonds. The van der Waals surface area contributed by atoms with Crippen LogP contribution in [0.4, 0.5) is 10.5 Å². The second kappa shape index (κ2) is 9.16. The van der Waals surface area contributed by atoms with Crippen molar-refractivity contribution in [3.05, 3.63) is 48.0 Å². The zero-order chi connectivity index (χ0) is 20.8. The van der Waals surface area contributed by atoms with Gasteiger partial charge in [-0.2, -0.15) is 5.26 Å². The van der Waals surface area contributed by atoms with Gasteiger partial charge in [0, 0.05) is 29.2 Å². The van der Waals surface area contributed by atoms with Crippen molar-refractivity contribution >= 4 is 22.7 Å². The van der Waals surface area contributed by atoms with E-state index in [1.165, 1.54) is 0 Å². The summed E-state index contributed by atoms with van der Waals surface area (Å²) in [6, 6.07) is 15.6. The van der Waals surface area contributed by atoms with Crippen LogP contribution in [0.15, 0.2) is 42.5 Å². The van der Waals surface area contributed by atoms with E-state index in [1.807, 2.05) is 43.3 Å². The van der Waals surface area contributed by atoms with Gasteiger partial charge in [-0.25, -0.2) is 4.79 Å². The summed E-state index contributed by atoms with van der Waals surface area (Å²) in [6.45, 7) is 7.52. The van der Waals surface area contributed by atoms with E-state index in [0.717, 1.165) is 34.3 Å². The molecule has 29 heavy (non-hydrogen) atoms. The number of amides is 1. The lowest BCUT2D eigenvalue weighted by atomic mass is 10.1. The molecule has 0 bridgehead atoms. The Morgan fingerprint density at radius 3 is 2.69 bits per heavy atom. The standard InChI is InChI=1S/C23H25N3O3/c1-4-12-29-18-10-11-19-20(15-24)22(26(5-2)21(19)14-18)16-8-7-9-17(13-16)25-23(27)28-6-3/h7-11,13-14H,4-6,12H2,1-3H3,(H,25,27). The maximum Gasteiger partial charge on any atom is 0.411 e. The number of aromatic nitrogens is 1. The summed E-state index contributed by atoms with van der Waals surface area (Å²) < 4.78 is 12.8. The minimum atomic E-state index is -0.501. The van der Waals surface area contributed by atoms with Crippen LogP contribution in [0.1, 0.15) is 32.8 Å². The number of hydrogen-bond donors (Lipinski definition) is 1. The van der Waals surface area contributed by atoms with Crippen molar-refractivity contribution < 1.29 is 14.3 Å². The van der Waals surface area contributed by atoms with Crippen LogP contribution in [0.3, 0.4) is 0 Å². The molecule has 3 rings (SSSR count). The highest BCUT2D eigenvalue weighted by molar-refractivity contribution is 5.96. The van der Waals surface area contributed by atoms with E-state index in [2.05, 4.69) is 22.9 Å². The first kappa shape index (κ1) is 20.3. The van der Waals surface area contributed by atoms with Crippen molar-refractivity contribution in [2.45, 2.75) is 33.7 Å². The molecule has 0 saturated heterocycles. The van der Waals surface area contributed by atoms with E-state index < -0.39 is 6.09 Å². The number of fused-ring (bicyclic) bond motifs is 1. The Morgan fingerprint density at radius 1 is 1.17 bits per heavy atom. The van der Waals surface area contributed by atoms with Crippen LogP contribution in [0.25, 0.3) is 22.2 Å². The lowest BCUT2D eigenvalue weighted by Gasteiger charge is -2.11. The minimum Gasteiger partial charge on any atom is -0.494 e. The molecule has 0 aliphatic rings. The quantitative estimate of drug-likeness (QED) is 0.572. The van der Waals surface area contributed by atoms with E-state index in [-0.39, 0.29) is 0 Å². The van der Waals surface area contributed by atoms with Gasteiger partial charge in [0.2, 0.25) is 0 Å². The molecule has 0 aliphatic heterocycles. The van der Waals surface area contributed by atoms with Crippen LogP contribution in [0.2, 0.25) is 0 Å². The lowest BCUT2D eigenvalue weighted by Crippen LogP contribution is -2.13. The number of carbonyl (C=O) groups is 1. The molecule has 0 aliphatic carbocycles. The third-order valence-corrected chi connectivity index (χ3v) is 4.59. The van der Waals surface area contributed by atoms with E-state index in [1.54, 1.807) is 13.0 Å². The average molecular weight is 391 g/mol. The highest BCUT2D eigenvalue weighted by atomic mass is 16.5. The number of aryl methyl sites for hydroxylation is 1. The SMILES string of the molecule is CCCOc1ccc2c(C#N)c(-c3cccc(NC(=O)OCC)c3)n(CC)c2c1. The third-order valence-electron chi connectivity index (χ3n) is 4.59. The molecule has 0 spiro atoms. The number of nitriles is 1. The molecule has 6 heteroatoms. The summed E-state index contributed by atoms with van der Waals surface area (Å²) in [4.78, 5) is 11.8. The van der Waals surface area contributed by atoms with Gasteiger partial charge in [0.1, 0.15) is 11.8 Å². The highest BCUT2D eigenvalue weighted by Gasteiger charge is 2.19. The first-order chi connectivity index (χ1) is 14.1. The average Bonchev–Trinajstić information content (AvgIpc) is 3.05. The smallest absolute Gasteiger partial charge is 0.411 e. The van der Waals surface area contributed by atoms with Gasteiger partial charge in [0.25, 0.3) is 0 Å². The van der Waals surface area contributed by atoms with Crippen LogP contribution < -0.4 is 10.1 Å². The Hall–Kier alpha value is -3.46. The fourth-order valence-electron chi connectivity index (χ4n) is 3.41. The highest BCUT2D eigenvalue weighted by Crippen LogP contribution is 2.36. The predicted octanol–water partition coefficient (Wildman–Crippen LogP) is 5.56. The van der Waals surface area contributed by atoms with Crippen molar-refractivity contribution in [2.75, 3.05) is 18.5 Å². The molecule has 0 fully saturated rings. The summed E-state index contributed by atoms with van der Waals surface area (Å²) in [6.07, 6.45) is 0.431. The molecular formula is C23H25N3O3. The van der Waals surface area contributed by atoms with Crippen LogP contribution in [-0.4, -0.2) is 23.9 Å². The number of hydrogen-bond acceptors (Lipinski definition) is 4. The Balaban J connectivity index is 2.11. The molecule has 2 aromatic carbocycles. The Kier molecular flexibility index (Phi) is 6.40. The summed E-state index contributed by atoms with van der Waals surface area (Å²) in [5.74, 6) is 0.792. The second-order valence-corrected chi connectivity index (χ2v) is 6.53. The maximum atomic E-state index is 11.8. The largest absolute Gasteiger partial charge is 0.494 e. The van der Waals surface area contributed by atoms with Crippen LogP contribution in [0, 0.1) is 11.3 Å². The van der Waals surface area contributed by atoms with E-state index >= 15 is 0 Å². The number of ether oxygens (including phenoxy) is 2. The molecule has 1 aromatic heterocycles. The number of nitrogens with one attached hydrogen (secondary N) is 1. The number of anilines is 1. The van der Waals surface area contributed by atoms with Crippen molar-refractivity contribution in [1.29, 1.82) is 5.26 Å². The number of benzene rings is 2. The number of nitrogens with zero attached hydrogens (tertiary/aromatic N) is 2. The summed E-state index contributed by atoms with van der Waals surface area (Å²) in [7, 11) is 0. The Bertz CT molecular complexity index is 1060. The van der Waals surface area contributed by atoms with Gasteiger partial charge in [-0.3, -0.25) is 5.32 Å². The van der Waals surface area contributed by atoms with E-state index in [9.17, 15) is 10.1 Å². The molecule has 0 unspecified atom stereocenters. The second-order valence-electron chi connectivity index (χ2n) is 6.53. The van der Waals surface area contributed by atoms with Gasteiger partial charge in [0.15, 0.2) is 0 Å². The van der Waals surface area contributed by atoms with Crippen molar-refractivity contribution in [3.63, 3.8) is 0 Å². The van der Waals surface area contributed by atoms with Gasteiger partial charge in [0.05, 0.1) is 30.0 Å². The molecule has 150 valence electrons. The summed E-state index contributed by atoms with van der Waals surface area (Å²) in [5, 5.41) is 13.5. The van der Waals surface area contributed by atoms with Gasteiger partial charge < -0.3 is 14.0 Å². The summed E-state index contributed by atoms with van der Waals surface area (Å²) in [5.41, 5.74) is 3.85. The minimum absolute atomic E-state index is 0.302. The molecule has 1 heterocycles. The van der Waals surface area contributed by atoms with E-state index in [4.69, 9.17) is 9.47 Å². The van der Waals surface area contributed by atoms with Gasteiger partial charge in [-0.1, -0.05) is 19.1 Å². The molecule has 0 atom stereocenters. The summed E-state index contributed by atoms with van der Waals surface area (Å²) >= 11 is 0. The van der Waals surface area contributed by atoms with Crippen molar-refractivity contribution in [1.82, 2.24) is 4.57 Å². The molecular weight excluding hydrogens is 366 g/mol. The Labute approximate surface area is 170 Å². The van der Waals surface area contributed by atoms with E-state index in [0.29, 0.717) is 31.0 Å². The maximum absolute atomic E-state index is 11.8. The molecule has 0 radical (unpaired) electrons. The fraction of sp³-hybridized carbons (Fsp3) is 0.304. The predicted molar refractivity (Wildman–Crippen MR) is 114 cm³/mol. The van der Waals surface area contributed by atoms with Crippen LogP contribution >= 0.6 is 0 Å². The Morgan fingerprint density at radius 2 is 2.00 bits per heavy atom. The zero-order valence-corrected chi connectivity index (χ0v) is 17.0. The molecule has 0 saturated carbocycles. The number of carbonyl (C=O) groups excluding carboxylic acids is 1.